The summed E-state index contributed by atoms with van der Waals surface area (Å²) in [6.45, 7) is 6.24. The zero-order valence-corrected chi connectivity index (χ0v) is 15.5. The van der Waals surface area contributed by atoms with Crippen LogP contribution in [0.15, 0.2) is 12.1 Å². The van der Waals surface area contributed by atoms with E-state index >= 15 is 0 Å². The maximum atomic E-state index is 11.5. The lowest BCUT2D eigenvalue weighted by Gasteiger charge is -2.20. The van der Waals surface area contributed by atoms with E-state index in [-0.39, 0.29) is 24.9 Å². The fourth-order valence-corrected chi connectivity index (χ4v) is 1.98. The van der Waals surface area contributed by atoms with Gasteiger partial charge in [0.2, 0.25) is 0 Å². The molecule has 1 amide bonds. The van der Waals surface area contributed by atoms with Crippen molar-refractivity contribution < 1.29 is 19.4 Å². The van der Waals surface area contributed by atoms with Gasteiger partial charge in [0.05, 0.1) is 6.54 Å². The molecule has 23 heavy (non-hydrogen) atoms. The van der Waals surface area contributed by atoms with Gasteiger partial charge in [-0.1, -0.05) is 0 Å². The molecular formula is C14H21IN4O4. The Hall–Kier alpha value is -1.49. The molecule has 0 unspecified atom stereocenters. The van der Waals surface area contributed by atoms with Gasteiger partial charge in [-0.2, -0.15) is 0 Å². The van der Waals surface area contributed by atoms with Crippen molar-refractivity contribution in [2.75, 3.05) is 24.5 Å². The summed E-state index contributed by atoms with van der Waals surface area (Å²) in [7, 11) is 0. The van der Waals surface area contributed by atoms with Gasteiger partial charge in [-0.15, -0.1) is 10.2 Å². The van der Waals surface area contributed by atoms with Gasteiger partial charge in [-0.3, -0.25) is 9.69 Å². The van der Waals surface area contributed by atoms with Crippen molar-refractivity contribution >= 4 is 40.5 Å². The average Bonchev–Trinajstić information content (AvgIpc) is 2.42. The number of amides is 1. The van der Waals surface area contributed by atoms with Crippen LogP contribution in [0.3, 0.4) is 0 Å². The molecule has 0 atom stereocenters. The molecular weight excluding hydrogens is 415 g/mol. The summed E-state index contributed by atoms with van der Waals surface area (Å²) < 4.78 is 5.85. The molecule has 8 nitrogen and oxygen atoms in total. The second kappa shape index (κ2) is 8.96. The van der Waals surface area contributed by atoms with E-state index in [4.69, 9.17) is 4.74 Å². The number of esters is 1. The van der Waals surface area contributed by atoms with Crippen LogP contribution in [-0.4, -0.2) is 52.6 Å². The lowest BCUT2D eigenvalue weighted by molar-refractivity contribution is -0.153. The Morgan fingerprint density at radius 1 is 1.35 bits per heavy atom. The molecule has 2 N–H and O–H groups in total. The first-order valence-electron chi connectivity index (χ1n) is 7.11. The molecule has 0 aliphatic carbocycles. The molecule has 9 heteroatoms. The van der Waals surface area contributed by atoms with E-state index < -0.39 is 11.7 Å². The lowest BCUT2D eigenvalue weighted by atomic mass is 10.2. The number of hydrogen-bond acceptors (Lipinski definition) is 6. The number of ether oxygens (including phenoxy) is 1. The zero-order valence-electron chi connectivity index (χ0n) is 13.4. The number of anilines is 1. The van der Waals surface area contributed by atoms with Crippen LogP contribution in [0.2, 0.25) is 0 Å². The van der Waals surface area contributed by atoms with E-state index in [1.54, 1.807) is 32.9 Å². The van der Waals surface area contributed by atoms with Crippen LogP contribution in [-0.2, 0) is 9.53 Å². The molecule has 128 valence electrons. The summed E-state index contributed by atoms with van der Waals surface area (Å²) in [5, 5.41) is 19.9. The third-order valence-electron chi connectivity index (χ3n) is 2.55. The second-order valence-corrected chi connectivity index (χ2v) is 6.87. The largest absolute Gasteiger partial charge is 0.465 e. The number of rotatable bonds is 7. The predicted molar refractivity (Wildman–Crippen MR) is 93.5 cm³/mol. The molecule has 0 aliphatic heterocycles. The number of nitrogens with zero attached hydrogens (tertiary/aromatic N) is 3. The monoisotopic (exact) mass is 436 g/mol. The summed E-state index contributed by atoms with van der Waals surface area (Å²) in [4.78, 5) is 23.9. The van der Waals surface area contributed by atoms with E-state index in [9.17, 15) is 14.7 Å². The van der Waals surface area contributed by atoms with Gasteiger partial charge in [-0.25, -0.2) is 4.79 Å². The van der Waals surface area contributed by atoms with Gasteiger partial charge in [0.15, 0.2) is 5.82 Å². The van der Waals surface area contributed by atoms with E-state index in [2.05, 4.69) is 15.5 Å². The molecule has 0 saturated heterocycles. The van der Waals surface area contributed by atoms with Gasteiger partial charge >= 0.3 is 12.1 Å². The van der Waals surface area contributed by atoms with Crippen molar-refractivity contribution in [1.29, 1.82) is 0 Å². The normalized spacial score (nSPS) is 11.1. The topological polar surface area (TPSA) is 105 Å². The van der Waals surface area contributed by atoms with Crippen molar-refractivity contribution in [2.45, 2.75) is 32.8 Å². The van der Waals surface area contributed by atoms with Gasteiger partial charge in [0, 0.05) is 6.54 Å². The van der Waals surface area contributed by atoms with Gasteiger partial charge in [-0.05, 0) is 68.5 Å². The van der Waals surface area contributed by atoms with Crippen LogP contribution in [0, 0.1) is 3.70 Å². The highest BCUT2D eigenvalue weighted by Crippen LogP contribution is 2.11. The molecule has 1 rings (SSSR count). The zero-order chi connectivity index (χ0) is 17.5. The third-order valence-corrected chi connectivity index (χ3v) is 3.13. The summed E-state index contributed by atoms with van der Waals surface area (Å²) in [5.74, 6) is -0.0545. The molecule has 0 aromatic carbocycles. The first-order valence-corrected chi connectivity index (χ1v) is 8.19. The van der Waals surface area contributed by atoms with E-state index in [0.717, 1.165) is 4.90 Å². The average molecular weight is 436 g/mol. The predicted octanol–water partition coefficient (Wildman–Crippen LogP) is 1.89. The highest BCUT2D eigenvalue weighted by molar-refractivity contribution is 14.1. The Labute approximate surface area is 148 Å². The number of carbonyl (C=O) groups excluding carboxylic acids is 1. The van der Waals surface area contributed by atoms with Gasteiger partial charge in [0.1, 0.15) is 9.30 Å². The second-order valence-electron chi connectivity index (χ2n) is 5.77. The standard InChI is InChI=1S/C14H21IN4O4/c1-14(2,3)23-12(20)9-16-7-4-8-19(13(21)22)11-6-5-10(15)17-18-11/h5-6,16H,4,7-9H2,1-3H3,(H,21,22). The maximum absolute atomic E-state index is 11.5. The Balaban J connectivity index is 2.36. The van der Waals surface area contributed by atoms with Crippen molar-refractivity contribution in [3.05, 3.63) is 15.8 Å². The molecule has 1 aromatic heterocycles. The summed E-state index contributed by atoms with van der Waals surface area (Å²) in [6, 6.07) is 3.30. The molecule has 0 radical (unpaired) electrons. The maximum Gasteiger partial charge on any atom is 0.413 e. The Morgan fingerprint density at radius 2 is 2.04 bits per heavy atom. The number of halogens is 1. The molecule has 1 heterocycles. The molecule has 0 spiro atoms. The summed E-state index contributed by atoms with van der Waals surface area (Å²) in [6.07, 6.45) is -0.560. The van der Waals surface area contributed by atoms with Crippen molar-refractivity contribution in [3.8, 4) is 0 Å². The summed E-state index contributed by atoms with van der Waals surface area (Å²) in [5.41, 5.74) is -0.512. The number of nitrogens with one attached hydrogen (secondary N) is 1. The Kier molecular flexibility index (Phi) is 7.62. The third kappa shape index (κ3) is 8.07. The first kappa shape index (κ1) is 19.6. The fraction of sp³-hybridized carbons (Fsp3) is 0.571. The SMILES string of the molecule is CC(C)(C)OC(=O)CNCCCN(C(=O)O)c1ccc(I)nn1. The van der Waals surface area contributed by atoms with Crippen molar-refractivity contribution in [1.82, 2.24) is 15.5 Å². The van der Waals surface area contributed by atoms with Crippen LogP contribution in [0.5, 0.6) is 0 Å². The van der Waals surface area contributed by atoms with Crippen molar-refractivity contribution in [2.24, 2.45) is 0 Å². The molecule has 0 saturated carbocycles. The smallest absolute Gasteiger partial charge is 0.413 e. The molecule has 1 aromatic rings. The highest BCUT2D eigenvalue weighted by atomic mass is 127. The minimum absolute atomic E-state index is 0.0910. The molecule has 0 fully saturated rings. The van der Waals surface area contributed by atoms with E-state index in [1.165, 1.54) is 0 Å². The Morgan fingerprint density at radius 3 is 2.57 bits per heavy atom. The Bertz CT molecular complexity index is 531. The fourth-order valence-electron chi connectivity index (χ4n) is 1.69. The van der Waals surface area contributed by atoms with Crippen LogP contribution < -0.4 is 10.2 Å². The summed E-state index contributed by atoms with van der Waals surface area (Å²) >= 11 is 2.00. The van der Waals surface area contributed by atoms with E-state index in [1.807, 2.05) is 22.6 Å². The molecule has 0 bridgehead atoms. The number of carbonyl (C=O) groups is 2. The van der Waals surface area contributed by atoms with E-state index in [0.29, 0.717) is 16.7 Å². The van der Waals surface area contributed by atoms with Crippen LogP contribution >= 0.6 is 22.6 Å². The number of aromatic nitrogens is 2. The van der Waals surface area contributed by atoms with Gasteiger partial charge in [0.25, 0.3) is 0 Å². The molecule has 0 aliphatic rings. The lowest BCUT2D eigenvalue weighted by Crippen LogP contribution is -2.35. The van der Waals surface area contributed by atoms with Crippen molar-refractivity contribution in [3.63, 3.8) is 0 Å². The quantitative estimate of drug-likeness (QED) is 0.382. The van der Waals surface area contributed by atoms with Crippen LogP contribution in [0.4, 0.5) is 10.6 Å². The minimum Gasteiger partial charge on any atom is -0.465 e. The van der Waals surface area contributed by atoms with Crippen LogP contribution in [0.25, 0.3) is 0 Å². The first-order chi connectivity index (χ1) is 10.7. The highest BCUT2D eigenvalue weighted by Gasteiger charge is 2.17. The number of hydrogen-bond donors (Lipinski definition) is 2. The minimum atomic E-state index is -1.09. The van der Waals surface area contributed by atoms with Crippen LogP contribution in [0.1, 0.15) is 27.2 Å². The number of carboxylic acid groups (broad SMARTS) is 1. The van der Waals surface area contributed by atoms with Gasteiger partial charge < -0.3 is 15.2 Å².